The van der Waals surface area contributed by atoms with Gasteiger partial charge in [-0.1, -0.05) is 206 Å². The Kier molecular flexibility index (Phi) is 9.57. The Hall–Kier alpha value is -7.95. The van der Waals surface area contributed by atoms with Gasteiger partial charge in [-0.3, -0.25) is 4.90 Å². The monoisotopic (exact) mass is 920 g/mol. The highest BCUT2D eigenvalue weighted by atomic mass is 32.1. The van der Waals surface area contributed by atoms with E-state index in [1.165, 1.54) is 67.4 Å². The van der Waals surface area contributed by atoms with Gasteiger partial charge in [-0.2, -0.15) is 0 Å². The van der Waals surface area contributed by atoms with Crippen LogP contribution in [0.1, 0.15) is 0 Å². The lowest BCUT2D eigenvalue weighted by Crippen LogP contribution is -2.77. The first kappa shape index (κ1) is 40.3. The van der Waals surface area contributed by atoms with Gasteiger partial charge >= 0.3 is 0 Å². The van der Waals surface area contributed by atoms with Gasteiger partial charge in [-0.15, -0.1) is 11.3 Å². The largest absolute Gasteiger partial charge is 0.327 e. The second kappa shape index (κ2) is 16.1. The summed E-state index contributed by atoms with van der Waals surface area (Å²) in [5.74, 6) is 1.95. The zero-order valence-electron chi connectivity index (χ0n) is 37.4. The molecule has 4 nitrogen and oxygen atoms in total. The van der Waals surface area contributed by atoms with Crippen LogP contribution in [0.25, 0.3) is 42.6 Å². The first-order chi connectivity index (χ1) is 33.7. The minimum atomic E-state index is -3.08. The van der Waals surface area contributed by atoms with Crippen molar-refractivity contribution < 1.29 is 0 Å². The van der Waals surface area contributed by atoms with Crippen molar-refractivity contribution in [2.24, 2.45) is 7.05 Å². The number of hydrogen-bond donors (Lipinski definition) is 0. The van der Waals surface area contributed by atoms with Crippen LogP contribution in [-0.2, 0) is 7.05 Å². The molecule has 0 spiro atoms. The third kappa shape index (κ3) is 5.96. The summed E-state index contributed by atoms with van der Waals surface area (Å²) in [7, 11) is -4.01. The molecular formula is C61H44N4SSi2. The fourth-order valence-corrected chi connectivity index (χ4v) is 22.7. The van der Waals surface area contributed by atoms with E-state index in [1.807, 2.05) is 11.3 Å². The van der Waals surface area contributed by atoms with Crippen LogP contribution in [0.3, 0.4) is 0 Å². The molecule has 0 N–H and O–H groups in total. The number of nitrogens with zero attached hydrogens (tertiary/aromatic N) is 4. The Bertz CT molecular complexity index is 3750. The number of aromatic nitrogens is 3. The molecule has 9 aromatic carbocycles. The average Bonchev–Trinajstić information content (AvgIpc) is 3.97. The van der Waals surface area contributed by atoms with Gasteiger partial charge in [0.2, 0.25) is 0 Å². The molecule has 0 fully saturated rings. The van der Waals surface area contributed by atoms with E-state index in [-0.39, 0.29) is 0 Å². The predicted octanol–water partition coefficient (Wildman–Crippen LogP) is 9.54. The van der Waals surface area contributed by atoms with Gasteiger partial charge in [-0.25, -0.2) is 9.97 Å². The molecule has 0 bridgehead atoms. The van der Waals surface area contributed by atoms with Crippen molar-refractivity contribution in [3.05, 3.63) is 249 Å². The molecule has 68 heavy (non-hydrogen) atoms. The molecule has 0 saturated carbocycles. The van der Waals surface area contributed by atoms with Crippen molar-refractivity contribution in [3.8, 4) is 11.4 Å². The van der Waals surface area contributed by atoms with Gasteiger partial charge in [0, 0.05) is 50.8 Å². The van der Waals surface area contributed by atoms with Crippen molar-refractivity contribution in [3.63, 3.8) is 0 Å². The lowest BCUT2D eigenvalue weighted by atomic mass is 10.1. The first-order valence-electron chi connectivity index (χ1n) is 23.2. The quantitative estimate of drug-likeness (QED) is 0.113. The smallest absolute Gasteiger partial charge is 0.187 e. The summed E-state index contributed by atoms with van der Waals surface area (Å²) in [4.78, 5) is 13.3. The van der Waals surface area contributed by atoms with Gasteiger partial charge in [0.25, 0.3) is 0 Å². The van der Waals surface area contributed by atoms with Crippen LogP contribution in [0.15, 0.2) is 249 Å². The van der Waals surface area contributed by atoms with Crippen LogP contribution in [0.4, 0.5) is 17.2 Å². The van der Waals surface area contributed by atoms with Crippen molar-refractivity contribution >= 4 is 117 Å². The second-order valence-electron chi connectivity index (χ2n) is 17.7. The lowest BCUT2D eigenvalue weighted by molar-refractivity contribution is 0.959. The first-order valence-corrected chi connectivity index (χ1v) is 28.0. The van der Waals surface area contributed by atoms with Gasteiger partial charge in [-0.05, 0) is 72.7 Å². The van der Waals surface area contributed by atoms with Crippen molar-refractivity contribution in [1.82, 2.24) is 14.5 Å². The topological polar surface area (TPSA) is 34.0 Å². The summed E-state index contributed by atoms with van der Waals surface area (Å²) in [6.45, 7) is 0. The molecule has 1 aliphatic heterocycles. The van der Waals surface area contributed by atoms with Crippen LogP contribution < -0.4 is 46.4 Å². The summed E-state index contributed by atoms with van der Waals surface area (Å²) in [5.41, 5.74) is 5.46. The van der Waals surface area contributed by atoms with E-state index in [4.69, 9.17) is 9.97 Å². The number of pyridine rings is 1. The summed E-state index contributed by atoms with van der Waals surface area (Å²) >= 11 is 1.84. The maximum absolute atomic E-state index is 5.66. The Labute approximate surface area is 401 Å². The number of hydrogen-bond acceptors (Lipinski definition) is 4. The summed E-state index contributed by atoms with van der Waals surface area (Å²) < 4.78 is 4.71. The van der Waals surface area contributed by atoms with Gasteiger partial charge in [0.15, 0.2) is 16.1 Å². The molecule has 4 heterocycles. The summed E-state index contributed by atoms with van der Waals surface area (Å²) in [6, 6.07) is 90.3. The predicted molar refractivity (Wildman–Crippen MR) is 292 cm³/mol. The molecule has 1 aliphatic rings. The van der Waals surface area contributed by atoms with E-state index in [0.717, 1.165) is 33.9 Å². The molecule has 0 amide bonds. The lowest BCUT2D eigenvalue weighted by Gasteiger charge is -2.45. The SMILES string of the molecule is Cn1c(-c2cccc([Si](c3ccccc3)(c3ccccc3)c3cccc(N4c5ccccc5[Si](c5ccccc5)(c5ccccc5)c5c4ncc4sc6ccccc6c54)c3)c2)nc2ccccc21. The summed E-state index contributed by atoms with van der Waals surface area (Å²) in [5, 5.41) is 13.2. The van der Waals surface area contributed by atoms with E-state index >= 15 is 0 Å². The molecule has 0 aliphatic carbocycles. The van der Waals surface area contributed by atoms with E-state index in [1.54, 1.807) is 0 Å². The van der Waals surface area contributed by atoms with E-state index < -0.39 is 16.1 Å². The van der Waals surface area contributed by atoms with Crippen molar-refractivity contribution in [1.29, 1.82) is 0 Å². The molecule has 0 unspecified atom stereocenters. The molecule has 0 radical (unpaired) electrons. The maximum atomic E-state index is 5.66. The molecular weight excluding hydrogens is 877 g/mol. The van der Waals surface area contributed by atoms with Crippen LogP contribution >= 0.6 is 11.3 Å². The zero-order chi connectivity index (χ0) is 45.2. The van der Waals surface area contributed by atoms with E-state index in [2.05, 4.69) is 265 Å². The molecule has 7 heteroatoms. The zero-order valence-corrected chi connectivity index (χ0v) is 40.2. The number of benzene rings is 9. The van der Waals surface area contributed by atoms with Crippen molar-refractivity contribution in [2.75, 3.05) is 4.90 Å². The third-order valence-electron chi connectivity index (χ3n) is 14.2. The van der Waals surface area contributed by atoms with Crippen LogP contribution in [-0.4, -0.2) is 30.7 Å². The average molecular weight is 921 g/mol. The highest BCUT2D eigenvalue weighted by molar-refractivity contribution is 7.28. The normalized spacial score (nSPS) is 13.2. The number of fused-ring (bicyclic) bond motifs is 7. The Morgan fingerprint density at radius 2 is 1.07 bits per heavy atom. The molecule has 0 saturated heterocycles. The number of rotatable bonds is 8. The molecule has 322 valence electrons. The van der Waals surface area contributed by atoms with E-state index in [0.29, 0.717) is 0 Å². The van der Waals surface area contributed by atoms with Crippen LogP contribution in [0, 0.1) is 0 Å². The second-order valence-corrected chi connectivity index (χ2v) is 26.3. The number of imidazole rings is 1. The minimum absolute atomic E-state index is 0.954. The van der Waals surface area contributed by atoms with Crippen LogP contribution in [0.2, 0.25) is 0 Å². The molecule has 3 aromatic heterocycles. The van der Waals surface area contributed by atoms with Gasteiger partial charge in [0.05, 0.1) is 15.7 Å². The minimum Gasteiger partial charge on any atom is -0.327 e. The fraction of sp³-hybridized carbons (Fsp3) is 0.0164. The molecule has 0 atom stereocenters. The standard InChI is InChI=1S/C61H44N4SSi2/c1-64-53-36-16-15-35-52(53)63-60(64)43-22-20-32-49(40-43)67(45-24-6-2-7-25-45,46-26-8-3-9-27-46)50-33-21-23-44(41-50)65-54-37-17-19-39-57(54)68(47-28-10-4-11-29-47,48-30-12-5-13-31-48)59-58-51-34-14-18-38-55(51)66-56(58)42-62-61(59)65/h2-42H,1H3. The Balaban J connectivity index is 1.12. The van der Waals surface area contributed by atoms with Crippen LogP contribution in [0.5, 0.6) is 0 Å². The van der Waals surface area contributed by atoms with Crippen molar-refractivity contribution in [2.45, 2.75) is 0 Å². The maximum Gasteiger partial charge on any atom is 0.187 e. The van der Waals surface area contributed by atoms with Gasteiger partial charge in [0.1, 0.15) is 11.6 Å². The Morgan fingerprint density at radius 3 is 1.78 bits per heavy atom. The number of thiophene rings is 1. The molecule has 13 rings (SSSR count). The Morgan fingerprint density at radius 1 is 0.500 bits per heavy atom. The highest BCUT2D eigenvalue weighted by Gasteiger charge is 2.51. The number of aryl methyl sites for hydroxylation is 1. The number of para-hydroxylation sites is 3. The van der Waals surface area contributed by atoms with Gasteiger partial charge < -0.3 is 4.57 Å². The summed E-state index contributed by atoms with van der Waals surface area (Å²) in [6.07, 6.45) is 2.14. The highest BCUT2D eigenvalue weighted by Crippen LogP contribution is 2.42. The number of anilines is 3. The van der Waals surface area contributed by atoms with E-state index in [9.17, 15) is 0 Å². The third-order valence-corrected chi connectivity index (χ3v) is 25.0. The molecule has 12 aromatic rings. The fourth-order valence-electron chi connectivity index (χ4n) is 11.4.